The van der Waals surface area contributed by atoms with Crippen molar-refractivity contribution >= 4 is 0 Å². The molecule has 1 aromatic heterocycles. The van der Waals surface area contributed by atoms with Crippen molar-refractivity contribution < 1.29 is 0 Å². The smallest absolute Gasteiger partial charge is 0.268 e. The van der Waals surface area contributed by atoms with Gasteiger partial charge in [-0.25, -0.2) is 4.98 Å². The van der Waals surface area contributed by atoms with Crippen LogP contribution in [0.2, 0.25) is 0 Å². The molecule has 0 spiro atoms. The van der Waals surface area contributed by atoms with Gasteiger partial charge >= 0.3 is 0 Å². The van der Waals surface area contributed by atoms with Crippen LogP contribution in [0.1, 0.15) is 43.0 Å². The largest absolute Gasteiger partial charge is 0.309 e. The van der Waals surface area contributed by atoms with Crippen LogP contribution in [-0.2, 0) is 0 Å². The van der Waals surface area contributed by atoms with E-state index in [-0.39, 0.29) is 11.1 Å². The number of nitrogens with zero attached hydrogens (tertiary/aromatic N) is 2. The number of hydrogen-bond donors (Lipinski definition) is 1. The fourth-order valence-corrected chi connectivity index (χ4v) is 3.26. The first kappa shape index (κ1) is 9.59. The summed E-state index contributed by atoms with van der Waals surface area (Å²) < 4.78 is 0. The summed E-state index contributed by atoms with van der Waals surface area (Å²) in [6, 6.07) is 1.84. The lowest BCUT2D eigenvalue weighted by molar-refractivity contribution is 0.404. The molecule has 0 saturated heterocycles. The van der Waals surface area contributed by atoms with Crippen LogP contribution in [0.4, 0.5) is 0 Å². The lowest BCUT2D eigenvalue weighted by Crippen LogP contribution is -2.19. The molecule has 0 amide bonds. The van der Waals surface area contributed by atoms with Gasteiger partial charge in [0.25, 0.3) is 5.56 Å². The quantitative estimate of drug-likeness (QED) is 0.772. The zero-order valence-corrected chi connectivity index (χ0v) is 8.94. The molecule has 3 unspecified atom stereocenters. The Morgan fingerprint density at radius 1 is 1.44 bits per heavy atom. The number of nitrogens with one attached hydrogen (secondary N) is 1. The molecular weight excluding hydrogens is 202 g/mol. The van der Waals surface area contributed by atoms with Gasteiger partial charge in [0, 0.05) is 5.92 Å². The molecule has 1 aromatic rings. The van der Waals surface area contributed by atoms with E-state index < -0.39 is 0 Å². The topological polar surface area (TPSA) is 69.5 Å². The molecule has 1 N–H and O–H groups in total. The molecule has 4 heteroatoms. The van der Waals surface area contributed by atoms with Crippen molar-refractivity contribution in [2.45, 2.75) is 31.6 Å². The minimum atomic E-state index is -0.296. The Morgan fingerprint density at radius 3 is 2.88 bits per heavy atom. The van der Waals surface area contributed by atoms with Gasteiger partial charge in [0.2, 0.25) is 0 Å². The minimum Gasteiger partial charge on any atom is -0.309 e. The number of hydrogen-bond acceptors (Lipinski definition) is 3. The van der Waals surface area contributed by atoms with Crippen LogP contribution in [0.25, 0.3) is 0 Å². The van der Waals surface area contributed by atoms with E-state index in [0.717, 1.165) is 18.2 Å². The Morgan fingerprint density at radius 2 is 2.31 bits per heavy atom. The summed E-state index contributed by atoms with van der Waals surface area (Å²) in [5.41, 5.74) is -0.192. The number of aromatic amines is 1. The van der Waals surface area contributed by atoms with Crippen molar-refractivity contribution in [2.24, 2.45) is 11.8 Å². The fourth-order valence-electron chi connectivity index (χ4n) is 3.26. The first-order valence-corrected chi connectivity index (χ1v) is 5.77. The Kier molecular flexibility index (Phi) is 2.06. The van der Waals surface area contributed by atoms with E-state index in [1.54, 1.807) is 0 Å². The van der Waals surface area contributed by atoms with Crippen LogP contribution in [-0.4, -0.2) is 9.97 Å². The Balaban J connectivity index is 1.94. The van der Waals surface area contributed by atoms with Gasteiger partial charge in [0.15, 0.2) is 0 Å². The number of aromatic nitrogens is 2. The van der Waals surface area contributed by atoms with Crippen LogP contribution in [0.3, 0.4) is 0 Å². The van der Waals surface area contributed by atoms with Crippen LogP contribution in [0, 0.1) is 23.2 Å². The van der Waals surface area contributed by atoms with Gasteiger partial charge in [-0.05, 0) is 31.1 Å². The van der Waals surface area contributed by atoms with E-state index in [9.17, 15) is 4.79 Å². The van der Waals surface area contributed by atoms with Gasteiger partial charge in [-0.2, -0.15) is 5.26 Å². The second-order valence-corrected chi connectivity index (χ2v) is 4.90. The van der Waals surface area contributed by atoms with E-state index in [4.69, 9.17) is 5.26 Å². The fraction of sp³-hybridized carbons (Fsp3) is 0.583. The second-order valence-electron chi connectivity index (χ2n) is 4.90. The van der Waals surface area contributed by atoms with Crippen molar-refractivity contribution in [2.75, 3.05) is 0 Å². The maximum absolute atomic E-state index is 11.5. The Bertz CT molecular complexity index is 514. The number of nitriles is 1. The first-order chi connectivity index (χ1) is 7.78. The third-order valence-corrected chi connectivity index (χ3v) is 4.03. The predicted molar refractivity (Wildman–Crippen MR) is 57.8 cm³/mol. The summed E-state index contributed by atoms with van der Waals surface area (Å²) in [6.45, 7) is 0. The molecule has 82 valence electrons. The van der Waals surface area contributed by atoms with Crippen molar-refractivity contribution in [3.05, 3.63) is 27.9 Å². The van der Waals surface area contributed by atoms with Gasteiger partial charge in [-0.3, -0.25) is 4.79 Å². The van der Waals surface area contributed by atoms with Crippen LogP contribution >= 0.6 is 0 Å². The molecule has 2 aliphatic rings. The monoisotopic (exact) mass is 215 g/mol. The molecule has 2 aliphatic carbocycles. The predicted octanol–water partition coefficient (Wildman–Crippen LogP) is 1.55. The van der Waals surface area contributed by atoms with Crippen LogP contribution < -0.4 is 5.56 Å². The van der Waals surface area contributed by atoms with E-state index >= 15 is 0 Å². The molecule has 0 aromatic carbocycles. The second kappa shape index (κ2) is 3.44. The van der Waals surface area contributed by atoms with E-state index in [2.05, 4.69) is 9.97 Å². The van der Waals surface area contributed by atoms with Crippen molar-refractivity contribution in [3.8, 4) is 6.07 Å². The van der Waals surface area contributed by atoms with Gasteiger partial charge < -0.3 is 4.98 Å². The number of rotatable bonds is 1. The molecular formula is C12H13N3O. The highest BCUT2D eigenvalue weighted by Crippen LogP contribution is 2.51. The molecule has 2 saturated carbocycles. The third-order valence-electron chi connectivity index (χ3n) is 4.03. The highest BCUT2D eigenvalue weighted by molar-refractivity contribution is 5.23. The van der Waals surface area contributed by atoms with Crippen LogP contribution in [0.15, 0.2) is 11.0 Å². The van der Waals surface area contributed by atoms with Gasteiger partial charge in [0.1, 0.15) is 17.5 Å². The van der Waals surface area contributed by atoms with Gasteiger partial charge in [-0.15, -0.1) is 0 Å². The lowest BCUT2D eigenvalue weighted by Gasteiger charge is -2.20. The highest BCUT2D eigenvalue weighted by atomic mass is 16.1. The average molecular weight is 215 g/mol. The third kappa shape index (κ3) is 1.35. The molecule has 0 aliphatic heterocycles. The molecule has 0 radical (unpaired) electrons. The first-order valence-electron chi connectivity index (χ1n) is 5.77. The molecule has 3 atom stereocenters. The Hall–Kier alpha value is -1.63. The minimum absolute atomic E-state index is 0.104. The Labute approximate surface area is 93.3 Å². The number of H-pyrrole nitrogens is 1. The highest BCUT2D eigenvalue weighted by Gasteiger charge is 2.41. The normalized spacial score (nSPS) is 31.6. The van der Waals surface area contributed by atoms with E-state index in [1.807, 2.05) is 6.07 Å². The zero-order chi connectivity index (χ0) is 11.1. The molecule has 2 bridgehead atoms. The summed E-state index contributed by atoms with van der Waals surface area (Å²) in [6.07, 6.45) is 6.44. The SMILES string of the molecule is N#Cc1cnc(C2CC3CCC2C3)[nH]c1=O. The summed E-state index contributed by atoms with van der Waals surface area (Å²) in [5, 5.41) is 8.67. The maximum Gasteiger partial charge on any atom is 0.268 e. The molecule has 16 heavy (non-hydrogen) atoms. The zero-order valence-electron chi connectivity index (χ0n) is 8.94. The number of fused-ring (bicyclic) bond motifs is 2. The van der Waals surface area contributed by atoms with Crippen LogP contribution in [0.5, 0.6) is 0 Å². The standard InChI is InChI=1S/C12H13N3O/c13-5-9-6-14-11(15-12(9)16)10-4-7-1-2-8(10)3-7/h6-8,10H,1-4H2,(H,14,15,16). The summed E-state index contributed by atoms with van der Waals surface area (Å²) >= 11 is 0. The molecule has 2 fully saturated rings. The van der Waals surface area contributed by atoms with Gasteiger partial charge in [-0.1, -0.05) is 6.42 Å². The van der Waals surface area contributed by atoms with E-state index in [0.29, 0.717) is 11.8 Å². The molecule has 3 rings (SSSR count). The van der Waals surface area contributed by atoms with Crippen molar-refractivity contribution in [1.82, 2.24) is 9.97 Å². The summed E-state index contributed by atoms with van der Waals surface area (Å²) in [5.74, 6) is 2.73. The van der Waals surface area contributed by atoms with E-state index in [1.165, 1.54) is 25.5 Å². The summed E-state index contributed by atoms with van der Waals surface area (Å²) in [4.78, 5) is 18.5. The molecule has 1 heterocycles. The molecule has 4 nitrogen and oxygen atoms in total. The lowest BCUT2D eigenvalue weighted by atomic mass is 9.88. The maximum atomic E-state index is 11.5. The van der Waals surface area contributed by atoms with Crippen molar-refractivity contribution in [1.29, 1.82) is 5.26 Å². The average Bonchev–Trinajstić information content (AvgIpc) is 2.90. The summed E-state index contributed by atoms with van der Waals surface area (Å²) in [7, 11) is 0. The van der Waals surface area contributed by atoms with Crippen molar-refractivity contribution in [3.63, 3.8) is 0 Å². The van der Waals surface area contributed by atoms with Gasteiger partial charge in [0.05, 0.1) is 6.20 Å².